The van der Waals surface area contributed by atoms with Gasteiger partial charge in [0.15, 0.2) is 0 Å². The summed E-state index contributed by atoms with van der Waals surface area (Å²) in [6.07, 6.45) is 2.83. The van der Waals surface area contributed by atoms with Crippen LogP contribution >= 0.6 is 11.3 Å². The van der Waals surface area contributed by atoms with Gasteiger partial charge in [-0.25, -0.2) is 4.98 Å². The Morgan fingerprint density at radius 2 is 2.50 bits per heavy atom. The maximum atomic E-state index is 11.2. The van der Waals surface area contributed by atoms with Crippen molar-refractivity contribution in [3.8, 4) is 0 Å². The van der Waals surface area contributed by atoms with E-state index < -0.39 is 0 Å². The van der Waals surface area contributed by atoms with Gasteiger partial charge in [-0.05, 0) is 19.8 Å². The fraction of sp³-hybridized carbons (Fsp3) is 0.600. The summed E-state index contributed by atoms with van der Waals surface area (Å²) in [7, 11) is 0. The van der Waals surface area contributed by atoms with Crippen LogP contribution in [0.2, 0.25) is 0 Å². The molecule has 1 heterocycles. The third-order valence-electron chi connectivity index (χ3n) is 2.17. The third kappa shape index (κ3) is 2.32. The number of hydrogen-bond acceptors (Lipinski definition) is 4. The van der Waals surface area contributed by atoms with Crippen molar-refractivity contribution >= 4 is 17.3 Å². The number of rotatable bonds is 4. The van der Waals surface area contributed by atoms with Gasteiger partial charge >= 0.3 is 5.97 Å². The van der Waals surface area contributed by atoms with E-state index in [0.29, 0.717) is 18.9 Å². The lowest BCUT2D eigenvalue weighted by Crippen LogP contribution is -2.07. The summed E-state index contributed by atoms with van der Waals surface area (Å²) >= 11 is 1.56. The molecule has 0 spiro atoms. The van der Waals surface area contributed by atoms with E-state index in [9.17, 15) is 4.79 Å². The van der Waals surface area contributed by atoms with Crippen molar-refractivity contribution in [1.29, 1.82) is 0 Å². The Morgan fingerprint density at radius 1 is 1.71 bits per heavy atom. The molecule has 1 aliphatic carbocycles. The monoisotopic (exact) mass is 211 g/mol. The molecule has 3 nitrogen and oxygen atoms in total. The van der Waals surface area contributed by atoms with Gasteiger partial charge in [0.1, 0.15) is 5.01 Å². The predicted molar refractivity (Wildman–Crippen MR) is 54.4 cm³/mol. The molecule has 0 radical (unpaired) electrons. The summed E-state index contributed by atoms with van der Waals surface area (Å²) in [4.78, 5) is 15.6. The van der Waals surface area contributed by atoms with Gasteiger partial charge in [-0.1, -0.05) is 0 Å². The number of carbonyl (C=O) groups is 1. The molecule has 0 amide bonds. The molecule has 0 unspecified atom stereocenters. The van der Waals surface area contributed by atoms with Gasteiger partial charge in [-0.2, -0.15) is 0 Å². The van der Waals surface area contributed by atoms with Crippen molar-refractivity contribution < 1.29 is 9.53 Å². The van der Waals surface area contributed by atoms with E-state index in [2.05, 4.69) is 10.4 Å². The standard InChI is InChI=1S/C10H13NO2S/c1-2-13-10(12)5-9-11-8(6-14-9)7-3-4-7/h6-7H,2-5H2,1H3. The minimum Gasteiger partial charge on any atom is -0.466 e. The summed E-state index contributed by atoms with van der Waals surface area (Å²) in [6, 6.07) is 0. The molecular weight excluding hydrogens is 198 g/mol. The van der Waals surface area contributed by atoms with E-state index in [-0.39, 0.29) is 5.97 Å². The number of esters is 1. The number of thiazole rings is 1. The minimum absolute atomic E-state index is 0.177. The van der Waals surface area contributed by atoms with Gasteiger partial charge in [-0.15, -0.1) is 11.3 Å². The Labute approximate surface area is 87.1 Å². The van der Waals surface area contributed by atoms with Gasteiger partial charge in [0.25, 0.3) is 0 Å². The second kappa shape index (κ2) is 4.09. The molecule has 1 saturated carbocycles. The fourth-order valence-electron chi connectivity index (χ4n) is 1.31. The van der Waals surface area contributed by atoms with E-state index in [1.165, 1.54) is 12.8 Å². The number of hydrogen-bond donors (Lipinski definition) is 0. The summed E-state index contributed by atoms with van der Waals surface area (Å²) < 4.78 is 4.86. The Balaban J connectivity index is 1.92. The zero-order valence-corrected chi connectivity index (χ0v) is 8.97. The van der Waals surface area contributed by atoms with Gasteiger partial charge < -0.3 is 4.74 Å². The number of ether oxygens (including phenoxy) is 1. The Morgan fingerprint density at radius 3 is 3.14 bits per heavy atom. The van der Waals surface area contributed by atoms with Crippen molar-refractivity contribution in [2.75, 3.05) is 6.61 Å². The smallest absolute Gasteiger partial charge is 0.312 e. The van der Waals surface area contributed by atoms with E-state index in [1.54, 1.807) is 11.3 Å². The van der Waals surface area contributed by atoms with Crippen molar-refractivity contribution in [3.05, 3.63) is 16.1 Å². The summed E-state index contributed by atoms with van der Waals surface area (Å²) in [6.45, 7) is 2.26. The number of carbonyl (C=O) groups excluding carboxylic acids is 1. The zero-order valence-electron chi connectivity index (χ0n) is 8.16. The van der Waals surface area contributed by atoms with Crippen LogP contribution in [-0.2, 0) is 16.0 Å². The molecule has 0 bridgehead atoms. The molecule has 0 N–H and O–H groups in total. The fourth-order valence-corrected chi connectivity index (χ4v) is 2.17. The van der Waals surface area contributed by atoms with Gasteiger partial charge in [0.05, 0.1) is 18.7 Å². The molecule has 1 aromatic heterocycles. The maximum Gasteiger partial charge on any atom is 0.312 e. The van der Waals surface area contributed by atoms with Crippen LogP contribution in [0.1, 0.15) is 36.4 Å². The second-order valence-corrected chi connectivity index (χ2v) is 4.36. The molecule has 0 aromatic carbocycles. The molecule has 0 saturated heterocycles. The topological polar surface area (TPSA) is 39.2 Å². The van der Waals surface area contributed by atoms with E-state index >= 15 is 0 Å². The normalized spacial score (nSPS) is 15.5. The average Bonchev–Trinajstić information content (AvgIpc) is 2.89. The highest BCUT2D eigenvalue weighted by atomic mass is 32.1. The first-order chi connectivity index (χ1) is 6.79. The lowest BCUT2D eigenvalue weighted by molar-refractivity contribution is -0.142. The van der Waals surface area contributed by atoms with Crippen LogP contribution in [0.3, 0.4) is 0 Å². The SMILES string of the molecule is CCOC(=O)Cc1nc(C2CC2)cs1. The number of nitrogens with zero attached hydrogens (tertiary/aromatic N) is 1. The molecule has 1 aromatic rings. The largest absolute Gasteiger partial charge is 0.466 e. The first-order valence-corrected chi connectivity index (χ1v) is 5.77. The summed E-state index contributed by atoms with van der Waals surface area (Å²) in [5.41, 5.74) is 1.16. The molecule has 1 fully saturated rings. The first kappa shape index (κ1) is 9.65. The average molecular weight is 211 g/mol. The molecule has 76 valence electrons. The van der Waals surface area contributed by atoms with Gasteiger partial charge in [0, 0.05) is 11.3 Å². The van der Waals surface area contributed by atoms with E-state index in [1.807, 2.05) is 6.92 Å². The van der Waals surface area contributed by atoms with Crippen LogP contribution < -0.4 is 0 Å². The van der Waals surface area contributed by atoms with Gasteiger partial charge in [-0.3, -0.25) is 4.79 Å². The van der Waals surface area contributed by atoms with Crippen LogP contribution in [0, 0.1) is 0 Å². The maximum absolute atomic E-state index is 11.2. The minimum atomic E-state index is -0.177. The highest BCUT2D eigenvalue weighted by molar-refractivity contribution is 7.09. The van der Waals surface area contributed by atoms with E-state index in [0.717, 1.165) is 10.7 Å². The molecular formula is C10H13NO2S. The van der Waals surface area contributed by atoms with Crippen LogP contribution in [-0.4, -0.2) is 17.6 Å². The highest BCUT2D eigenvalue weighted by Crippen LogP contribution is 2.40. The predicted octanol–water partition coefficient (Wildman–Crippen LogP) is 2.13. The van der Waals surface area contributed by atoms with Crippen molar-refractivity contribution in [2.45, 2.75) is 32.1 Å². The Hall–Kier alpha value is -0.900. The lowest BCUT2D eigenvalue weighted by Gasteiger charge is -1.97. The van der Waals surface area contributed by atoms with Crippen LogP contribution in [0.25, 0.3) is 0 Å². The van der Waals surface area contributed by atoms with E-state index in [4.69, 9.17) is 4.74 Å². The summed E-state index contributed by atoms with van der Waals surface area (Å²) in [5, 5.41) is 2.94. The van der Waals surface area contributed by atoms with Crippen LogP contribution in [0.5, 0.6) is 0 Å². The van der Waals surface area contributed by atoms with Crippen LogP contribution in [0.15, 0.2) is 5.38 Å². The third-order valence-corrected chi connectivity index (χ3v) is 3.03. The molecule has 1 aliphatic rings. The molecule has 2 rings (SSSR count). The molecule has 0 atom stereocenters. The van der Waals surface area contributed by atoms with Crippen molar-refractivity contribution in [2.24, 2.45) is 0 Å². The lowest BCUT2D eigenvalue weighted by atomic mass is 10.3. The van der Waals surface area contributed by atoms with Crippen molar-refractivity contribution in [1.82, 2.24) is 4.98 Å². The number of aromatic nitrogens is 1. The Kier molecular flexibility index (Phi) is 2.82. The van der Waals surface area contributed by atoms with Crippen molar-refractivity contribution in [3.63, 3.8) is 0 Å². The first-order valence-electron chi connectivity index (χ1n) is 4.89. The summed E-state index contributed by atoms with van der Waals surface area (Å²) in [5.74, 6) is 0.492. The van der Waals surface area contributed by atoms with Gasteiger partial charge in [0.2, 0.25) is 0 Å². The Bertz CT molecular complexity index is 331. The molecule has 14 heavy (non-hydrogen) atoms. The zero-order chi connectivity index (χ0) is 9.97. The molecule has 0 aliphatic heterocycles. The quantitative estimate of drug-likeness (QED) is 0.716. The molecule has 4 heteroatoms. The van der Waals surface area contributed by atoms with Crippen LogP contribution in [0.4, 0.5) is 0 Å². The second-order valence-electron chi connectivity index (χ2n) is 3.42. The highest BCUT2D eigenvalue weighted by Gasteiger charge is 2.26.